The van der Waals surface area contributed by atoms with Gasteiger partial charge in [0.2, 0.25) is 0 Å². The Bertz CT molecular complexity index is 973. The van der Waals surface area contributed by atoms with Crippen LogP contribution in [0.1, 0.15) is 11.1 Å². The summed E-state index contributed by atoms with van der Waals surface area (Å²) in [5.41, 5.74) is -1.77. The number of carboxylic acid groups (broad SMARTS) is 1. The lowest BCUT2D eigenvalue weighted by Crippen LogP contribution is -2.15. The first kappa shape index (κ1) is 20.5. The van der Waals surface area contributed by atoms with Gasteiger partial charge >= 0.3 is 12.1 Å². The van der Waals surface area contributed by atoms with Gasteiger partial charge < -0.3 is 9.84 Å². The highest BCUT2D eigenvalue weighted by Crippen LogP contribution is 2.33. The van der Waals surface area contributed by atoms with Gasteiger partial charge in [0, 0.05) is 5.69 Å². The van der Waals surface area contributed by atoms with E-state index < -0.39 is 45.8 Å². The smallest absolute Gasteiger partial charge is 0.419 e. The zero-order valence-electron chi connectivity index (χ0n) is 13.7. The molecule has 6 nitrogen and oxygen atoms in total. The molecular formula is C16H13F4NO5S. The minimum atomic E-state index is -4.98. The van der Waals surface area contributed by atoms with Gasteiger partial charge in [0.25, 0.3) is 10.0 Å². The van der Waals surface area contributed by atoms with Gasteiger partial charge in [0.1, 0.15) is 11.6 Å². The number of hydrogen-bond acceptors (Lipinski definition) is 4. The largest absolute Gasteiger partial charge is 0.482 e. The lowest BCUT2D eigenvalue weighted by atomic mass is 10.2. The highest BCUT2D eigenvalue weighted by atomic mass is 32.2. The lowest BCUT2D eigenvalue weighted by molar-refractivity contribution is -0.140. The fourth-order valence-corrected chi connectivity index (χ4v) is 3.24. The third-order valence-electron chi connectivity index (χ3n) is 3.33. The summed E-state index contributed by atoms with van der Waals surface area (Å²) in [4.78, 5) is 10.2. The van der Waals surface area contributed by atoms with Crippen LogP contribution in [0.5, 0.6) is 5.75 Å². The molecule has 0 aromatic heterocycles. The van der Waals surface area contributed by atoms with Crippen LogP contribution in [0, 0.1) is 12.7 Å². The second kappa shape index (κ2) is 7.43. The van der Waals surface area contributed by atoms with Crippen molar-refractivity contribution < 1.29 is 40.6 Å². The molecule has 0 amide bonds. The van der Waals surface area contributed by atoms with Crippen LogP contribution in [0.2, 0.25) is 0 Å². The molecule has 0 aliphatic carbocycles. The molecule has 0 unspecified atom stereocenters. The van der Waals surface area contributed by atoms with E-state index >= 15 is 0 Å². The number of nitrogens with one attached hydrogen (secondary N) is 1. The maximum atomic E-state index is 13.3. The van der Waals surface area contributed by atoms with Crippen molar-refractivity contribution in [3.63, 3.8) is 0 Å². The third kappa shape index (κ3) is 5.09. The zero-order chi connectivity index (χ0) is 20.4. The van der Waals surface area contributed by atoms with Crippen molar-refractivity contribution in [2.24, 2.45) is 0 Å². The second-order valence-electron chi connectivity index (χ2n) is 5.41. The van der Waals surface area contributed by atoms with E-state index in [9.17, 15) is 30.8 Å². The fraction of sp³-hybridized carbons (Fsp3) is 0.188. The molecule has 2 rings (SSSR count). The van der Waals surface area contributed by atoms with Crippen LogP contribution in [0.25, 0.3) is 0 Å². The highest BCUT2D eigenvalue weighted by molar-refractivity contribution is 7.92. The number of anilines is 1. The first-order valence-electron chi connectivity index (χ1n) is 7.25. The van der Waals surface area contributed by atoms with Gasteiger partial charge in [-0.3, -0.25) is 4.72 Å². The standard InChI is InChI=1S/C16H13F4NO5S/c1-9-6-11(3-5-14(9)26-8-15(22)23)27(24,25)21-10-2-4-13(17)12(7-10)16(18,19)20/h2-7,21H,8H2,1H3,(H,22,23). The summed E-state index contributed by atoms with van der Waals surface area (Å²) in [6.07, 6.45) is -4.98. The van der Waals surface area contributed by atoms with Gasteiger partial charge in [-0.15, -0.1) is 0 Å². The number of benzene rings is 2. The van der Waals surface area contributed by atoms with E-state index in [1.54, 1.807) is 0 Å². The van der Waals surface area contributed by atoms with Gasteiger partial charge in [-0.05, 0) is 48.9 Å². The molecule has 2 aromatic carbocycles. The number of halogens is 4. The van der Waals surface area contributed by atoms with Gasteiger partial charge in [-0.2, -0.15) is 13.2 Å². The number of alkyl halides is 3. The van der Waals surface area contributed by atoms with Crippen molar-refractivity contribution in [2.45, 2.75) is 18.0 Å². The molecule has 0 atom stereocenters. The minimum absolute atomic E-state index is 0.137. The second-order valence-corrected chi connectivity index (χ2v) is 7.09. The molecular weight excluding hydrogens is 394 g/mol. The number of sulfonamides is 1. The summed E-state index contributed by atoms with van der Waals surface area (Å²) in [5, 5.41) is 8.58. The van der Waals surface area contributed by atoms with Crippen molar-refractivity contribution in [1.29, 1.82) is 0 Å². The average molecular weight is 407 g/mol. The number of aryl methyl sites for hydroxylation is 1. The molecule has 0 heterocycles. The first-order valence-corrected chi connectivity index (χ1v) is 8.73. The SMILES string of the molecule is Cc1cc(S(=O)(=O)Nc2ccc(F)c(C(F)(F)F)c2)ccc1OCC(=O)O. The minimum Gasteiger partial charge on any atom is -0.482 e. The molecule has 146 valence electrons. The van der Waals surface area contributed by atoms with Crippen molar-refractivity contribution in [1.82, 2.24) is 0 Å². The van der Waals surface area contributed by atoms with Crippen molar-refractivity contribution >= 4 is 21.7 Å². The van der Waals surface area contributed by atoms with Crippen LogP contribution < -0.4 is 9.46 Å². The quantitative estimate of drug-likeness (QED) is 0.716. The van der Waals surface area contributed by atoms with E-state index in [0.717, 1.165) is 18.2 Å². The molecule has 0 saturated carbocycles. The number of carboxylic acids is 1. The summed E-state index contributed by atoms with van der Waals surface area (Å²) in [6.45, 7) is 0.844. The summed E-state index contributed by atoms with van der Waals surface area (Å²) in [5.74, 6) is -2.61. The van der Waals surface area contributed by atoms with E-state index in [4.69, 9.17) is 9.84 Å². The van der Waals surface area contributed by atoms with Crippen LogP contribution in [0.15, 0.2) is 41.3 Å². The molecule has 0 aliphatic heterocycles. The normalized spacial score (nSPS) is 11.9. The Kier molecular flexibility index (Phi) is 5.64. The van der Waals surface area contributed by atoms with Gasteiger partial charge in [0.05, 0.1) is 10.5 Å². The Labute approximate surface area is 151 Å². The number of aliphatic carboxylic acids is 1. The Morgan fingerprint density at radius 1 is 1.19 bits per heavy atom. The number of rotatable bonds is 6. The molecule has 0 aliphatic rings. The average Bonchev–Trinajstić information content (AvgIpc) is 2.54. The zero-order valence-corrected chi connectivity index (χ0v) is 14.5. The molecule has 2 aromatic rings. The molecule has 0 spiro atoms. The summed E-state index contributed by atoms with van der Waals surface area (Å²) in [7, 11) is -4.27. The Hall–Kier alpha value is -2.82. The fourth-order valence-electron chi connectivity index (χ4n) is 2.11. The Morgan fingerprint density at radius 3 is 2.41 bits per heavy atom. The lowest BCUT2D eigenvalue weighted by Gasteiger charge is -2.13. The summed E-state index contributed by atoms with van der Waals surface area (Å²) >= 11 is 0. The maximum absolute atomic E-state index is 13.3. The topological polar surface area (TPSA) is 92.7 Å². The molecule has 0 bridgehead atoms. The Morgan fingerprint density at radius 2 is 1.85 bits per heavy atom. The van der Waals surface area contributed by atoms with Gasteiger partial charge in [-0.25, -0.2) is 17.6 Å². The molecule has 2 N–H and O–H groups in total. The number of carbonyl (C=O) groups is 1. The van der Waals surface area contributed by atoms with Crippen LogP contribution in [-0.2, 0) is 21.0 Å². The maximum Gasteiger partial charge on any atom is 0.419 e. The van der Waals surface area contributed by atoms with Gasteiger partial charge in [-0.1, -0.05) is 0 Å². The van der Waals surface area contributed by atoms with E-state index in [1.165, 1.54) is 13.0 Å². The third-order valence-corrected chi connectivity index (χ3v) is 4.71. The molecule has 0 radical (unpaired) electrons. The number of hydrogen-bond donors (Lipinski definition) is 2. The molecule has 0 fully saturated rings. The predicted octanol–water partition coefficient (Wildman–Crippen LogP) is 3.42. The van der Waals surface area contributed by atoms with Crippen LogP contribution in [0.4, 0.5) is 23.2 Å². The van der Waals surface area contributed by atoms with E-state index in [-0.39, 0.29) is 10.6 Å². The van der Waals surface area contributed by atoms with Gasteiger partial charge in [0.15, 0.2) is 6.61 Å². The Balaban J connectivity index is 2.29. The van der Waals surface area contributed by atoms with E-state index in [0.29, 0.717) is 17.7 Å². The van der Waals surface area contributed by atoms with E-state index in [2.05, 4.69) is 0 Å². The summed E-state index contributed by atoms with van der Waals surface area (Å²) in [6, 6.07) is 5.20. The molecule has 0 saturated heterocycles. The van der Waals surface area contributed by atoms with Crippen LogP contribution in [0.3, 0.4) is 0 Å². The monoisotopic (exact) mass is 407 g/mol. The number of ether oxygens (including phenoxy) is 1. The van der Waals surface area contributed by atoms with Crippen LogP contribution >= 0.6 is 0 Å². The molecule has 27 heavy (non-hydrogen) atoms. The molecule has 11 heteroatoms. The van der Waals surface area contributed by atoms with Crippen molar-refractivity contribution in [3.8, 4) is 5.75 Å². The summed E-state index contributed by atoms with van der Waals surface area (Å²) < 4.78 is 83.1. The van der Waals surface area contributed by atoms with Crippen molar-refractivity contribution in [2.75, 3.05) is 11.3 Å². The van der Waals surface area contributed by atoms with Crippen LogP contribution in [-0.4, -0.2) is 26.1 Å². The predicted molar refractivity (Wildman–Crippen MR) is 86.5 cm³/mol. The highest BCUT2D eigenvalue weighted by Gasteiger charge is 2.34. The first-order chi connectivity index (χ1) is 12.4. The van der Waals surface area contributed by atoms with Crippen molar-refractivity contribution in [3.05, 3.63) is 53.3 Å². The van der Waals surface area contributed by atoms with E-state index in [1.807, 2.05) is 4.72 Å².